The highest BCUT2D eigenvalue weighted by Gasteiger charge is 2.21. The summed E-state index contributed by atoms with van der Waals surface area (Å²) < 4.78 is 22.4. The van der Waals surface area contributed by atoms with E-state index in [1.165, 1.54) is 0 Å². The van der Waals surface area contributed by atoms with Gasteiger partial charge in [-0.1, -0.05) is 48.5 Å². The highest BCUT2D eigenvalue weighted by molar-refractivity contribution is 6.01. The lowest BCUT2D eigenvalue weighted by Crippen LogP contribution is -2.20. The number of ether oxygens (including phenoxy) is 4. The minimum absolute atomic E-state index is 0.255. The topological polar surface area (TPSA) is 176 Å². The van der Waals surface area contributed by atoms with Crippen LogP contribution < -0.4 is 0 Å². The largest absolute Gasteiger partial charge is 0.461 e. The number of aromatic amines is 2. The molecule has 0 amide bonds. The highest BCUT2D eigenvalue weighted by atomic mass is 16.5. The fourth-order valence-electron chi connectivity index (χ4n) is 9.13. The molecule has 0 fully saturated rings. The number of benzene rings is 4. The van der Waals surface area contributed by atoms with Gasteiger partial charge < -0.3 is 48.5 Å². The van der Waals surface area contributed by atoms with E-state index in [2.05, 4.69) is 9.97 Å². The molecule has 0 radical (unpaired) electrons. The third-order valence-corrected chi connectivity index (χ3v) is 13.5. The maximum absolute atomic E-state index is 13.2. The predicted octanol–water partition coefficient (Wildman–Crippen LogP) is 10.2. The van der Waals surface area contributed by atoms with Gasteiger partial charge in [0.05, 0.1) is 45.0 Å². The van der Waals surface area contributed by atoms with Crippen LogP contribution in [0.5, 0.6) is 0 Å². The van der Waals surface area contributed by atoms with E-state index in [9.17, 15) is 19.2 Å². The molecule has 16 nitrogen and oxygen atoms in total. The van der Waals surface area contributed by atoms with Crippen molar-refractivity contribution in [2.75, 3.05) is 109 Å². The van der Waals surface area contributed by atoms with Crippen LogP contribution in [0.2, 0.25) is 0 Å². The number of likely N-dealkylation sites (N-methyl/N-ethyl adjacent to an activating group) is 4. The zero-order valence-electron chi connectivity index (χ0n) is 46.5. The van der Waals surface area contributed by atoms with Crippen molar-refractivity contribution < 1.29 is 38.1 Å². The summed E-state index contributed by atoms with van der Waals surface area (Å²) in [6, 6.07) is 37.3. The maximum Gasteiger partial charge on any atom is 0.338 e. The minimum atomic E-state index is -0.420. The van der Waals surface area contributed by atoms with E-state index < -0.39 is 23.9 Å². The van der Waals surface area contributed by atoms with Crippen LogP contribution in [0.15, 0.2) is 121 Å². The fourth-order valence-corrected chi connectivity index (χ4v) is 9.13. The number of nitrogens with one attached hydrogen (secondary N) is 2. The Kier molecular flexibility index (Phi) is 17.7. The minimum Gasteiger partial charge on any atom is -0.461 e. The smallest absolute Gasteiger partial charge is 0.338 e. The van der Waals surface area contributed by atoms with E-state index in [0.717, 1.165) is 66.6 Å². The van der Waals surface area contributed by atoms with Crippen molar-refractivity contribution >= 4 is 70.2 Å². The Labute approximate surface area is 465 Å². The molecule has 0 saturated heterocycles. The summed E-state index contributed by atoms with van der Waals surface area (Å²) in [7, 11) is 15.4. The van der Waals surface area contributed by atoms with Crippen LogP contribution in [-0.4, -0.2) is 172 Å². The molecule has 0 atom stereocenters. The molecule has 2 N–H and O–H groups in total. The number of fused-ring (bicyclic) bond motifs is 8. The second kappa shape index (κ2) is 25.3. The number of carbonyl (C=O) groups is 4. The number of H-pyrrole nitrogens is 2. The Balaban J connectivity index is 1.28. The van der Waals surface area contributed by atoms with Crippen LogP contribution in [0.4, 0.5) is 0 Å². The van der Waals surface area contributed by atoms with Crippen molar-refractivity contribution in [3.8, 4) is 44.5 Å². The number of carbonyl (C=O) groups excluding carboxylic acids is 4. The molecule has 4 aromatic carbocycles. The van der Waals surface area contributed by atoms with Gasteiger partial charge in [0.2, 0.25) is 0 Å². The molecule has 0 aliphatic carbocycles. The molecule has 5 heterocycles. The first kappa shape index (κ1) is 55.9. The van der Waals surface area contributed by atoms with E-state index in [1.807, 2.05) is 173 Å². The maximum atomic E-state index is 13.2. The summed E-state index contributed by atoms with van der Waals surface area (Å²) in [5.41, 5.74) is 13.4. The average molecular weight is 1080 g/mol. The Morgan fingerprint density at radius 1 is 0.325 bits per heavy atom. The molecule has 2 aliphatic rings. The molecule has 8 bridgehead atoms. The summed E-state index contributed by atoms with van der Waals surface area (Å²) in [6.07, 6.45) is 7.90. The van der Waals surface area contributed by atoms with Gasteiger partial charge in [-0.25, -0.2) is 29.1 Å². The van der Waals surface area contributed by atoms with Crippen LogP contribution >= 0.6 is 0 Å². The molecule has 9 rings (SSSR count). The lowest BCUT2D eigenvalue weighted by molar-refractivity contribution is 0.0472. The van der Waals surface area contributed by atoms with Crippen molar-refractivity contribution in [1.29, 1.82) is 0 Å². The Bertz CT molecular complexity index is 3160. The van der Waals surface area contributed by atoms with Crippen LogP contribution in [0.25, 0.3) is 90.9 Å². The molecule has 80 heavy (non-hydrogen) atoms. The van der Waals surface area contributed by atoms with Crippen LogP contribution in [0, 0.1) is 0 Å². The number of rotatable bonds is 20. The normalized spacial score (nSPS) is 11.9. The van der Waals surface area contributed by atoms with Gasteiger partial charge in [0.1, 0.15) is 26.4 Å². The standard InChI is InChI=1S/C64H66N8O8/c1-69(2)33-37-77-61(73)45-17-9-41(10-18-45)57-49-25-27-51(65-49)58(42-11-19-46(20-12-42)62(74)78-38-34-70(3)4)53-29-31-55(67-53)60(44-15-23-48(24-16-44)64(76)80-40-36-72(7)8)56-32-30-54(68-56)59(52-28-26-50(57)66-52)43-13-21-47(22-14-43)63(75)79-39-35-71(5)6/h9-32,65,68H,33-40H2,1-8H3. The predicted molar refractivity (Wildman–Crippen MR) is 316 cm³/mol. The second-order valence-electron chi connectivity index (χ2n) is 20.6. The quantitative estimate of drug-likeness (QED) is 0.0545. The lowest BCUT2D eigenvalue weighted by Gasteiger charge is -2.11. The molecule has 0 unspecified atom stereocenters. The van der Waals surface area contributed by atoms with Gasteiger partial charge in [0.15, 0.2) is 0 Å². The first-order chi connectivity index (χ1) is 38.6. The van der Waals surface area contributed by atoms with E-state index in [0.29, 0.717) is 71.2 Å². The SMILES string of the molecule is CN(C)CCOC(=O)c1ccc(-c2c3nc(c(-c4ccc(C(=O)OCCN(C)C)cc4)c4ccc([nH]4)c(-c4ccc(C(=O)OCCN(C)C)cc4)c4nc(c(-c5ccc(C(=O)OCCN(C)C)cc5)c5ccc2[nH]5)C=C4)C=C3)cc1. The van der Waals surface area contributed by atoms with E-state index in [1.54, 1.807) is 48.5 Å². The number of aromatic nitrogens is 4. The van der Waals surface area contributed by atoms with Gasteiger partial charge in [0, 0.05) is 70.5 Å². The summed E-state index contributed by atoms with van der Waals surface area (Å²) in [5, 5.41) is 0. The zero-order valence-corrected chi connectivity index (χ0v) is 46.5. The highest BCUT2D eigenvalue weighted by Crippen LogP contribution is 2.39. The third-order valence-electron chi connectivity index (χ3n) is 13.5. The van der Waals surface area contributed by atoms with Crippen molar-refractivity contribution in [1.82, 2.24) is 39.5 Å². The Hall–Kier alpha value is -8.80. The van der Waals surface area contributed by atoms with Gasteiger partial charge >= 0.3 is 23.9 Å². The first-order valence-corrected chi connectivity index (χ1v) is 26.5. The molecular weight excluding hydrogens is 1010 g/mol. The van der Waals surface area contributed by atoms with Gasteiger partial charge in [0.25, 0.3) is 0 Å². The average Bonchev–Trinajstić information content (AvgIpc) is 4.30. The van der Waals surface area contributed by atoms with Gasteiger partial charge in [-0.2, -0.15) is 0 Å². The van der Waals surface area contributed by atoms with E-state index >= 15 is 0 Å². The van der Waals surface area contributed by atoms with Crippen LogP contribution in [0.3, 0.4) is 0 Å². The monoisotopic (exact) mass is 1070 g/mol. The molecule has 0 saturated carbocycles. The van der Waals surface area contributed by atoms with Crippen LogP contribution in [0.1, 0.15) is 64.2 Å². The molecular formula is C64H66N8O8. The second-order valence-corrected chi connectivity index (χ2v) is 20.6. The molecule has 7 aromatic rings. The van der Waals surface area contributed by atoms with Crippen molar-refractivity contribution in [2.24, 2.45) is 0 Å². The van der Waals surface area contributed by atoms with E-state index in [4.69, 9.17) is 28.9 Å². The van der Waals surface area contributed by atoms with Gasteiger partial charge in [-0.3, -0.25) is 0 Å². The van der Waals surface area contributed by atoms with E-state index in [-0.39, 0.29) is 26.4 Å². The number of esters is 4. The van der Waals surface area contributed by atoms with Crippen molar-refractivity contribution in [3.05, 3.63) is 166 Å². The number of hydrogen-bond donors (Lipinski definition) is 2. The summed E-state index contributed by atoms with van der Waals surface area (Å²) >= 11 is 0. The summed E-state index contributed by atoms with van der Waals surface area (Å²) in [4.78, 5) is 79.0. The zero-order chi connectivity index (χ0) is 56.5. The third kappa shape index (κ3) is 13.4. The number of hydrogen-bond acceptors (Lipinski definition) is 14. The van der Waals surface area contributed by atoms with Gasteiger partial charge in [-0.05, 0) is 176 Å². The molecule has 3 aromatic heterocycles. The summed E-state index contributed by atoms with van der Waals surface area (Å²) in [6.45, 7) is 3.40. The molecule has 16 heteroatoms. The Morgan fingerprint density at radius 2 is 0.525 bits per heavy atom. The van der Waals surface area contributed by atoms with Crippen molar-refractivity contribution in [3.63, 3.8) is 0 Å². The fraction of sp³-hybridized carbons (Fsp3) is 0.250. The first-order valence-electron chi connectivity index (χ1n) is 26.5. The molecule has 2 aliphatic heterocycles. The number of nitrogens with zero attached hydrogens (tertiary/aromatic N) is 6. The van der Waals surface area contributed by atoms with Gasteiger partial charge in [-0.15, -0.1) is 0 Å². The Morgan fingerprint density at radius 3 is 0.713 bits per heavy atom. The summed E-state index contributed by atoms with van der Waals surface area (Å²) in [5.74, 6) is -1.68. The molecule has 410 valence electrons. The van der Waals surface area contributed by atoms with Crippen molar-refractivity contribution in [2.45, 2.75) is 0 Å². The lowest BCUT2D eigenvalue weighted by atomic mass is 10.0. The van der Waals surface area contributed by atoms with Crippen LogP contribution in [-0.2, 0) is 18.9 Å². The molecule has 0 spiro atoms.